The van der Waals surface area contributed by atoms with Gasteiger partial charge in [0.25, 0.3) is 0 Å². The molecule has 0 aromatic carbocycles. The standard InChI is InChI=1S/C14H24N2O/c1-17-13-7-9-16(10-8-13)14-6-4-2-3-5-12(14)11-15/h12-14H,2-10H2,1H3. The maximum atomic E-state index is 9.31. The van der Waals surface area contributed by atoms with E-state index >= 15 is 0 Å². The van der Waals surface area contributed by atoms with Crippen molar-refractivity contribution in [1.82, 2.24) is 4.90 Å². The summed E-state index contributed by atoms with van der Waals surface area (Å²) in [4.78, 5) is 2.55. The largest absolute Gasteiger partial charge is 0.381 e. The third kappa shape index (κ3) is 3.20. The maximum Gasteiger partial charge on any atom is 0.0672 e. The van der Waals surface area contributed by atoms with E-state index in [1.807, 2.05) is 7.11 Å². The van der Waals surface area contributed by atoms with E-state index in [0.717, 1.165) is 32.4 Å². The van der Waals surface area contributed by atoms with E-state index in [4.69, 9.17) is 4.74 Å². The lowest BCUT2D eigenvalue weighted by Crippen LogP contribution is -2.46. The molecule has 2 fully saturated rings. The first-order valence-corrected chi connectivity index (χ1v) is 7.01. The molecule has 2 rings (SSSR count). The second-order valence-corrected chi connectivity index (χ2v) is 5.41. The fourth-order valence-electron chi connectivity index (χ4n) is 3.32. The molecule has 0 amide bonds. The van der Waals surface area contributed by atoms with Gasteiger partial charge in [0.1, 0.15) is 0 Å². The topological polar surface area (TPSA) is 36.3 Å². The summed E-state index contributed by atoms with van der Waals surface area (Å²) in [5, 5.41) is 9.31. The zero-order chi connectivity index (χ0) is 12.1. The van der Waals surface area contributed by atoms with Gasteiger partial charge in [0.15, 0.2) is 0 Å². The predicted molar refractivity (Wildman–Crippen MR) is 67.6 cm³/mol. The minimum atomic E-state index is 0.261. The molecule has 1 heterocycles. The summed E-state index contributed by atoms with van der Waals surface area (Å²) in [5.74, 6) is 0.261. The highest BCUT2D eigenvalue weighted by Gasteiger charge is 2.31. The smallest absolute Gasteiger partial charge is 0.0672 e. The minimum absolute atomic E-state index is 0.261. The van der Waals surface area contributed by atoms with Crippen LogP contribution in [0.3, 0.4) is 0 Å². The number of ether oxygens (including phenoxy) is 1. The average Bonchev–Trinajstić information content (AvgIpc) is 2.64. The molecular weight excluding hydrogens is 212 g/mol. The van der Waals surface area contributed by atoms with Crippen LogP contribution in [0.4, 0.5) is 0 Å². The fourth-order valence-corrected chi connectivity index (χ4v) is 3.32. The van der Waals surface area contributed by atoms with Crippen molar-refractivity contribution in [3.05, 3.63) is 0 Å². The summed E-state index contributed by atoms with van der Waals surface area (Å²) < 4.78 is 5.41. The van der Waals surface area contributed by atoms with Gasteiger partial charge in [-0.05, 0) is 25.7 Å². The molecule has 0 aromatic rings. The van der Waals surface area contributed by atoms with Crippen LogP contribution >= 0.6 is 0 Å². The van der Waals surface area contributed by atoms with Crippen molar-refractivity contribution in [3.63, 3.8) is 0 Å². The van der Waals surface area contributed by atoms with E-state index < -0.39 is 0 Å². The maximum absolute atomic E-state index is 9.31. The number of hydrogen-bond donors (Lipinski definition) is 0. The average molecular weight is 236 g/mol. The predicted octanol–water partition coefficient (Wildman–Crippen LogP) is 2.57. The lowest BCUT2D eigenvalue weighted by atomic mass is 9.92. The van der Waals surface area contributed by atoms with E-state index in [1.54, 1.807) is 0 Å². The first-order chi connectivity index (χ1) is 8.35. The third-order valence-electron chi connectivity index (χ3n) is 4.42. The highest BCUT2D eigenvalue weighted by Crippen LogP contribution is 2.29. The van der Waals surface area contributed by atoms with Crippen molar-refractivity contribution >= 4 is 0 Å². The highest BCUT2D eigenvalue weighted by molar-refractivity contribution is 4.95. The molecule has 1 saturated heterocycles. The second-order valence-electron chi connectivity index (χ2n) is 5.41. The number of piperidine rings is 1. The van der Waals surface area contributed by atoms with Crippen molar-refractivity contribution in [2.45, 2.75) is 57.1 Å². The fraction of sp³-hybridized carbons (Fsp3) is 0.929. The molecule has 17 heavy (non-hydrogen) atoms. The zero-order valence-electron chi connectivity index (χ0n) is 10.9. The van der Waals surface area contributed by atoms with E-state index in [-0.39, 0.29) is 5.92 Å². The van der Waals surface area contributed by atoms with E-state index in [1.165, 1.54) is 25.7 Å². The van der Waals surface area contributed by atoms with Crippen LogP contribution in [-0.4, -0.2) is 37.2 Å². The molecule has 2 unspecified atom stereocenters. The summed E-state index contributed by atoms with van der Waals surface area (Å²) in [7, 11) is 1.81. The normalized spacial score (nSPS) is 32.9. The Balaban J connectivity index is 1.93. The van der Waals surface area contributed by atoms with Gasteiger partial charge in [-0.2, -0.15) is 5.26 Å². The van der Waals surface area contributed by atoms with Crippen molar-refractivity contribution in [2.24, 2.45) is 5.92 Å². The Kier molecular flexibility index (Phi) is 4.82. The van der Waals surface area contributed by atoms with Gasteiger partial charge in [-0.1, -0.05) is 19.3 Å². The molecule has 0 radical (unpaired) electrons. The summed E-state index contributed by atoms with van der Waals surface area (Å²) in [5.41, 5.74) is 0. The van der Waals surface area contributed by atoms with E-state index in [9.17, 15) is 5.26 Å². The number of hydrogen-bond acceptors (Lipinski definition) is 3. The number of methoxy groups -OCH3 is 1. The quantitative estimate of drug-likeness (QED) is 0.691. The number of rotatable bonds is 2. The Bertz CT molecular complexity index is 266. The number of nitriles is 1. The summed E-state index contributed by atoms with van der Waals surface area (Å²) in [6.07, 6.45) is 8.87. The van der Waals surface area contributed by atoms with Gasteiger partial charge < -0.3 is 4.74 Å². The third-order valence-corrected chi connectivity index (χ3v) is 4.42. The van der Waals surface area contributed by atoms with Crippen LogP contribution in [0.2, 0.25) is 0 Å². The van der Waals surface area contributed by atoms with Crippen LogP contribution in [0, 0.1) is 17.2 Å². The Hall–Kier alpha value is -0.590. The first kappa shape index (κ1) is 12.9. The van der Waals surface area contributed by atoms with Gasteiger partial charge in [0.2, 0.25) is 0 Å². The van der Waals surface area contributed by atoms with E-state index in [2.05, 4.69) is 11.0 Å². The van der Waals surface area contributed by atoms with Gasteiger partial charge in [-0.15, -0.1) is 0 Å². The van der Waals surface area contributed by atoms with E-state index in [0.29, 0.717) is 12.1 Å². The molecule has 0 aromatic heterocycles. The number of nitrogens with zero attached hydrogens (tertiary/aromatic N) is 2. The molecule has 2 atom stereocenters. The van der Waals surface area contributed by atoms with Crippen molar-refractivity contribution in [1.29, 1.82) is 5.26 Å². The van der Waals surface area contributed by atoms with Crippen LogP contribution in [0.15, 0.2) is 0 Å². The summed E-state index contributed by atoms with van der Waals surface area (Å²) >= 11 is 0. The molecule has 1 saturated carbocycles. The zero-order valence-corrected chi connectivity index (χ0v) is 10.9. The SMILES string of the molecule is COC1CCN(C2CCCCCC2C#N)CC1. The Labute approximate surface area is 105 Å². The first-order valence-electron chi connectivity index (χ1n) is 7.01. The monoisotopic (exact) mass is 236 g/mol. The molecule has 0 bridgehead atoms. The molecule has 0 spiro atoms. The molecule has 3 heteroatoms. The highest BCUT2D eigenvalue weighted by atomic mass is 16.5. The molecule has 1 aliphatic heterocycles. The Morgan fingerprint density at radius 2 is 1.76 bits per heavy atom. The van der Waals surface area contributed by atoms with Gasteiger partial charge in [0.05, 0.1) is 18.1 Å². The van der Waals surface area contributed by atoms with Crippen molar-refractivity contribution in [2.75, 3.05) is 20.2 Å². The van der Waals surface area contributed by atoms with Crippen LogP contribution in [0.5, 0.6) is 0 Å². The Morgan fingerprint density at radius 1 is 1.06 bits per heavy atom. The van der Waals surface area contributed by atoms with Crippen molar-refractivity contribution in [3.8, 4) is 6.07 Å². The van der Waals surface area contributed by atoms with Crippen LogP contribution in [-0.2, 0) is 4.74 Å². The molecular formula is C14H24N2O. The van der Waals surface area contributed by atoms with Gasteiger partial charge in [-0.25, -0.2) is 0 Å². The van der Waals surface area contributed by atoms with Crippen LogP contribution in [0.1, 0.15) is 44.9 Å². The number of likely N-dealkylation sites (tertiary alicyclic amines) is 1. The van der Waals surface area contributed by atoms with Crippen LogP contribution in [0.25, 0.3) is 0 Å². The van der Waals surface area contributed by atoms with Gasteiger partial charge in [0, 0.05) is 26.2 Å². The molecule has 2 aliphatic rings. The molecule has 1 aliphatic carbocycles. The van der Waals surface area contributed by atoms with Gasteiger partial charge >= 0.3 is 0 Å². The lowest BCUT2D eigenvalue weighted by Gasteiger charge is -2.38. The lowest BCUT2D eigenvalue weighted by molar-refractivity contribution is 0.0195. The minimum Gasteiger partial charge on any atom is -0.381 e. The van der Waals surface area contributed by atoms with Gasteiger partial charge in [-0.3, -0.25) is 4.90 Å². The molecule has 0 N–H and O–H groups in total. The molecule has 3 nitrogen and oxygen atoms in total. The summed E-state index contributed by atoms with van der Waals surface area (Å²) in [6.45, 7) is 2.22. The van der Waals surface area contributed by atoms with Crippen LogP contribution < -0.4 is 0 Å². The Morgan fingerprint density at radius 3 is 2.41 bits per heavy atom. The summed E-state index contributed by atoms with van der Waals surface area (Å²) in [6, 6.07) is 3.06. The molecule has 96 valence electrons. The second kappa shape index (κ2) is 6.37. The van der Waals surface area contributed by atoms with Crippen molar-refractivity contribution < 1.29 is 4.74 Å².